The Kier molecular flexibility index (Phi) is 8.23. The van der Waals surface area contributed by atoms with Crippen molar-refractivity contribution in [2.45, 2.75) is 33.4 Å². The summed E-state index contributed by atoms with van der Waals surface area (Å²) >= 11 is 0.591. The molecule has 4 rings (SSSR count). The molecule has 12 heteroatoms. The zero-order valence-electron chi connectivity index (χ0n) is 20.1. The van der Waals surface area contributed by atoms with Gasteiger partial charge in [-0.3, -0.25) is 4.55 Å². The van der Waals surface area contributed by atoms with Crippen LogP contribution in [0.1, 0.15) is 11.1 Å². The Bertz CT molecular complexity index is 1660. The lowest BCUT2D eigenvalue weighted by atomic mass is 10.0. The van der Waals surface area contributed by atoms with Crippen LogP contribution in [0.2, 0.25) is 0 Å². The zero-order chi connectivity index (χ0) is 27.5. The first-order valence-corrected chi connectivity index (χ1v) is 14.6. The first-order valence-electron chi connectivity index (χ1n) is 11.0. The maximum absolute atomic E-state index is 13.3. The maximum Gasteiger partial charge on any atom is 0.298 e. The third kappa shape index (κ3) is 6.25. The summed E-state index contributed by atoms with van der Waals surface area (Å²) in [7, 11) is -9.08. The number of rotatable bonds is 9. The SMILES string of the molecule is Cc1ccc(-c2ccc(Oc3ccc(S(=O)(=O)c4ccc(C)c(SOOO)c4)cc3S(=O)(=O)O)cc2)cc1. The average molecular weight is 575 g/mol. The molecule has 2 N–H and O–H groups in total. The second-order valence-corrected chi connectivity index (χ2v) is 12.3. The molecule has 0 atom stereocenters. The van der Waals surface area contributed by atoms with E-state index in [0.717, 1.165) is 28.8 Å². The van der Waals surface area contributed by atoms with Crippen molar-refractivity contribution in [3.05, 3.63) is 96.1 Å². The third-order valence-electron chi connectivity index (χ3n) is 5.59. The Morgan fingerprint density at radius 2 is 1.32 bits per heavy atom. The molecular weight excluding hydrogens is 552 g/mol. The van der Waals surface area contributed by atoms with Crippen LogP contribution in [0.15, 0.2) is 105 Å². The van der Waals surface area contributed by atoms with E-state index in [2.05, 4.69) is 9.37 Å². The Balaban J connectivity index is 1.66. The summed E-state index contributed by atoms with van der Waals surface area (Å²) in [5.74, 6) is 0.0378. The molecular formula is C26H22O9S3. The molecule has 4 aromatic carbocycles. The van der Waals surface area contributed by atoms with Gasteiger partial charge in [-0.05, 0) is 73.0 Å². The van der Waals surface area contributed by atoms with E-state index in [4.69, 9.17) is 9.99 Å². The van der Waals surface area contributed by atoms with E-state index in [1.165, 1.54) is 24.3 Å². The van der Waals surface area contributed by atoms with Gasteiger partial charge in [0.05, 0.1) is 21.8 Å². The van der Waals surface area contributed by atoms with Gasteiger partial charge in [0.1, 0.15) is 16.4 Å². The van der Waals surface area contributed by atoms with Crippen molar-refractivity contribution in [3.8, 4) is 22.6 Å². The molecule has 0 saturated heterocycles. The van der Waals surface area contributed by atoms with Crippen LogP contribution >= 0.6 is 12.0 Å². The Morgan fingerprint density at radius 1 is 0.737 bits per heavy atom. The molecule has 0 saturated carbocycles. The third-order valence-corrected chi connectivity index (χ3v) is 8.97. The first kappa shape index (κ1) is 27.8. The predicted molar refractivity (Wildman–Crippen MR) is 140 cm³/mol. The largest absolute Gasteiger partial charge is 0.456 e. The van der Waals surface area contributed by atoms with Gasteiger partial charge in [-0.15, -0.1) is 4.33 Å². The van der Waals surface area contributed by atoms with E-state index in [0.29, 0.717) is 22.5 Å². The van der Waals surface area contributed by atoms with E-state index in [9.17, 15) is 21.4 Å². The second-order valence-electron chi connectivity index (χ2n) is 8.23. The summed E-state index contributed by atoms with van der Waals surface area (Å²) in [4.78, 5) is -0.927. The van der Waals surface area contributed by atoms with E-state index in [-0.39, 0.29) is 21.3 Å². The Morgan fingerprint density at radius 3 is 1.92 bits per heavy atom. The fourth-order valence-electron chi connectivity index (χ4n) is 3.56. The van der Waals surface area contributed by atoms with Gasteiger partial charge in [0.2, 0.25) is 9.84 Å². The number of hydrogen-bond acceptors (Lipinski definition) is 9. The number of sulfone groups is 1. The summed E-state index contributed by atoms with van der Waals surface area (Å²) in [6.07, 6.45) is 0. The van der Waals surface area contributed by atoms with Gasteiger partial charge in [-0.25, -0.2) is 13.7 Å². The van der Waals surface area contributed by atoms with Crippen LogP contribution in [-0.4, -0.2) is 26.6 Å². The fraction of sp³-hybridized carbons (Fsp3) is 0.0769. The monoisotopic (exact) mass is 574 g/mol. The van der Waals surface area contributed by atoms with E-state index in [1.54, 1.807) is 31.2 Å². The van der Waals surface area contributed by atoms with Crippen LogP contribution in [0.25, 0.3) is 11.1 Å². The highest BCUT2D eigenvalue weighted by molar-refractivity contribution is 7.94. The minimum atomic E-state index is -4.86. The maximum atomic E-state index is 13.3. The summed E-state index contributed by atoms with van der Waals surface area (Å²) in [5.41, 5.74) is 3.68. The molecule has 38 heavy (non-hydrogen) atoms. The Labute approximate surface area is 224 Å². The molecule has 0 aliphatic rings. The van der Waals surface area contributed by atoms with Crippen molar-refractivity contribution in [2.24, 2.45) is 0 Å². The molecule has 0 amide bonds. The van der Waals surface area contributed by atoms with Gasteiger partial charge in [-0.2, -0.15) is 8.42 Å². The van der Waals surface area contributed by atoms with Crippen LogP contribution in [0.3, 0.4) is 0 Å². The molecule has 0 bridgehead atoms. The molecule has 198 valence electrons. The average Bonchev–Trinajstić information content (AvgIpc) is 2.88. The van der Waals surface area contributed by atoms with Gasteiger partial charge in [0.25, 0.3) is 10.1 Å². The van der Waals surface area contributed by atoms with E-state index in [1.807, 2.05) is 31.2 Å². The number of ether oxygens (including phenoxy) is 1. The first-order chi connectivity index (χ1) is 18.0. The summed E-state index contributed by atoms with van der Waals surface area (Å²) in [5, 5.41) is 11.9. The molecule has 9 nitrogen and oxygen atoms in total. The fourth-order valence-corrected chi connectivity index (χ4v) is 6.14. The van der Waals surface area contributed by atoms with Crippen LogP contribution in [0.4, 0.5) is 0 Å². The highest BCUT2D eigenvalue weighted by Gasteiger charge is 2.25. The minimum Gasteiger partial charge on any atom is -0.456 e. The number of benzene rings is 4. The number of hydrogen-bond donors (Lipinski definition) is 2. The van der Waals surface area contributed by atoms with Crippen LogP contribution in [0, 0.1) is 13.8 Å². The highest BCUT2D eigenvalue weighted by Crippen LogP contribution is 2.35. The van der Waals surface area contributed by atoms with E-state index >= 15 is 0 Å². The summed E-state index contributed by atoms with van der Waals surface area (Å²) in [6.45, 7) is 3.68. The molecule has 0 aliphatic carbocycles. The number of aryl methyl sites for hydroxylation is 2. The molecule has 0 unspecified atom stereocenters. The molecule has 0 fully saturated rings. The molecule has 0 radical (unpaired) electrons. The van der Waals surface area contributed by atoms with Crippen molar-refractivity contribution in [2.75, 3.05) is 0 Å². The molecule has 0 aliphatic heterocycles. The Hall–Kier alpha value is -3.23. The topological polar surface area (TPSA) is 136 Å². The lowest BCUT2D eigenvalue weighted by Crippen LogP contribution is -2.07. The van der Waals surface area contributed by atoms with Crippen LogP contribution < -0.4 is 4.74 Å². The van der Waals surface area contributed by atoms with Crippen molar-refractivity contribution in [3.63, 3.8) is 0 Å². The van der Waals surface area contributed by atoms with Gasteiger partial charge < -0.3 is 4.74 Å². The van der Waals surface area contributed by atoms with Gasteiger partial charge in [0, 0.05) is 4.90 Å². The van der Waals surface area contributed by atoms with Crippen LogP contribution in [0.5, 0.6) is 11.5 Å². The zero-order valence-corrected chi connectivity index (χ0v) is 22.5. The summed E-state index contributed by atoms with van der Waals surface area (Å²) in [6, 6.07) is 22.1. The molecule has 0 spiro atoms. The predicted octanol–water partition coefficient (Wildman–Crippen LogP) is 6.27. The van der Waals surface area contributed by atoms with Gasteiger partial charge in [0.15, 0.2) is 0 Å². The standard InChI is InChI=1S/C26H22O9S3/c1-17-3-6-19(7-4-17)20-8-10-21(11-9-20)33-24-14-13-23(16-26(24)38(30,31)32)37(28,29)22-12-5-18(2)25(15-22)36-35-34-27/h3-16,27H,1-2H3,(H,30,31,32). The molecule has 0 aromatic heterocycles. The second kappa shape index (κ2) is 11.3. The lowest BCUT2D eigenvalue weighted by Gasteiger charge is -2.13. The quantitative estimate of drug-likeness (QED) is 0.102. The van der Waals surface area contributed by atoms with Crippen molar-refractivity contribution < 1.29 is 40.8 Å². The van der Waals surface area contributed by atoms with E-state index < -0.39 is 24.9 Å². The van der Waals surface area contributed by atoms with Gasteiger partial charge in [-0.1, -0.05) is 53.1 Å². The lowest BCUT2D eigenvalue weighted by molar-refractivity contribution is -0.432. The molecule has 4 aromatic rings. The van der Waals surface area contributed by atoms with Crippen molar-refractivity contribution >= 4 is 32.0 Å². The van der Waals surface area contributed by atoms with Crippen LogP contribution in [-0.2, 0) is 29.3 Å². The van der Waals surface area contributed by atoms with Gasteiger partial charge >= 0.3 is 0 Å². The normalized spacial score (nSPS) is 11.9. The minimum absolute atomic E-state index is 0.172. The van der Waals surface area contributed by atoms with Crippen molar-refractivity contribution in [1.29, 1.82) is 0 Å². The summed E-state index contributed by atoms with van der Waals surface area (Å²) < 4.78 is 70.8. The smallest absolute Gasteiger partial charge is 0.298 e. The van der Waals surface area contributed by atoms with Crippen molar-refractivity contribution in [1.82, 2.24) is 0 Å². The molecule has 0 heterocycles. The highest BCUT2D eigenvalue weighted by atomic mass is 32.2.